The first-order valence-corrected chi connectivity index (χ1v) is 6.19. The van der Waals surface area contributed by atoms with Crippen molar-refractivity contribution < 1.29 is 14.3 Å². The topological polar surface area (TPSA) is 143 Å². The van der Waals surface area contributed by atoms with E-state index in [1.165, 1.54) is 0 Å². The standard InChI is InChI=1S/C11H23N5O3.2ClH/c1-3-19-10(18)7(2)16-9(17)8(12)5-4-6-15-11(13)14;;/h7-8H,3-6,12H2,1-2H3,(H,16,17)(H4,13,14,15);2*1H/t7-,8-;;/m0../s1. The highest BCUT2D eigenvalue weighted by molar-refractivity contribution is 5.87. The van der Waals surface area contributed by atoms with Gasteiger partial charge in [-0.3, -0.25) is 10.2 Å². The fourth-order valence-corrected chi connectivity index (χ4v) is 1.32. The highest BCUT2D eigenvalue weighted by Crippen LogP contribution is 1.96. The van der Waals surface area contributed by atoms with Gasteiger partial charge in [-0.1, -0.05) is 0 Å². The largest absolute Gasteiger partial charge is 0.464 e. The van der Waals surface area contributed by atoms with Crippen molar-refractivity contribution in [3.05, 3.63) is 0 Å². The van der Waals surface area contributed by atoms with Crippen molar-refractivity contribution in [2.45, 2.75) is 38.8 Å². The van der Waals surface area contributed by atoms with E-state index >= 15 is 0 Å². The summed E-state index contributed by atoms with van der Waals surface area (Å²) in [5.41, 5.74) is 10.8. The van der Waals surface area contributed by atoms with Crippen LogP contribution in [0.5, 0.6) is 0 Å². The number of guanidine groups is 1. The smallest absolute Gasteiger partial charge is 0.328 e. The number of nitrogens with one attached hydrogen (secondary N) is 3. The molecule has 0 aliphatic carbocycles. The van der Waals surface area contributed by atoms with E-state index in [-0.39, 0.29) is 37.4 Å². The molecular formula is C11H25Cl2N5O3. The summed E-state index contributed by atoms with van der Waals surface area (Å²) >= 11 is 0. The molecule has 126 valence electrons. The molecule has 0 spiro atoms. The van der Waals surface area contributed by atoms with Crippen molar-refractivity contribution in [3.8, 4) is 0 Å². The monoisotopic (exact) mass is 345 g/mol. The van der Waals surface area contributed by atoms with Crippen LogP contribution in [0.4, 0.5) is 0 Å². The number of ether oxygens (including phenoxy) is 1. The summed E-state index contributed by atoms with van der Waals surface area (Å²) in [6, 6.07) is -1.42. The SMILES string of the molecule is CCOC(=O)[C@H](C)NC(=O)[C@@H](N)CCCNC(=N)N.Cl.Cl. The van der Waals surface area contributed by atoms with E-state index < -0.39 is 24.0 Å². The first-order chi connectivity index (χ1) is 8.88. The molecule has 0 aromatic rings. The predicted molar refractivity (Wildman–Crippen MR) is 85.9 cm³/mol. The molecule has 0 heterocycles. The number of amides is 1. The van der Waals surface area contributed by atoms with Crippen molar-refractivity contribution in [3.63, 3.8) is 0 Å². The van der Waals surface area contributed by atoms with Gasteiger partial charge in [0, 0.05) is 6.54 Å². The summed E-state index contributed by atoms with van der Waals surface area (Å²) in [5, 5.41) is 12.1. The average Bonchev–Trinajstić information content (AvgIpc) is 2.34. The van der Waals surface area contributed by atoms with Crippen LogP contribution < -0.4 is 22.1 Å². The Labute approximate surface area is 137 Å². The molecule has 0 rings (SSSR count). The first-order valence-electron chi connectivity index (χ1n) is 6.19. The van der Waals surface area contributed by atoms with E-state index in [2.05, 4.69) is 10.6 Å². The molecule has 8 nitrogen and oxygen atoms in total. The third-order valence-corrected chi connectivity index (χ3v) is 2.34. The zero-order valence-corrected chi connectivity index (χ0v) is 13.8. The minimum absolute atomic E-state index is 0. The molecule has 2 atom stereocenters. The van der Waals surface area contributed by atoms with E-state index in [9.17, 15) is 9.59 Å². The number of hydrogen-bond acceptors (Lipinski definition) is 5. The van der Waals surface area contributed by atoms with Crippen LogP contribution in [0.1, 0.15) is 26.7 Å². The van der Waals surface area contributed by atoms with Gasteiger partial charge in [0.15, 0.2) is 5.96 Å². The summed E-state index contributed by atoms with van der Waals surface area (Å²) in [6.07, 6.45) is 1.03. The van der Waals surface area contributed by atoms with Gasteiger partial charge in [0.05, 0.1) is 12.6 Å². The van der Waals surface area contributed by atoms with E-state index in [4.69, 9.17) is 21.6 Å². The maximum absolute atomic E-state index is 11.7. The molecular weight excluding hydrogens is 321 g/mol. The molecule has 0 aromatic heterocycles. The van der Waals surface area contributed by atoms with Gasteiger partial charge in [-0.2, -0.15) is 0 Å². The summed E-state index contributed by atoms with van der Waals surface area (Å²) < 4.78 is 4.77. The fraction of sp³-hybridized carbons (Fsp3) is 0.727. The molecule has 0 aromatic carbocycles. The van der Waals surface area contributed by atoms with E-state index in [0.717, 1.165) is 0 Å². The van der Waals surface area contributed by atoms with Crippen LogP contribution in [-0.4, -0.2) is 43.1 Å². The Kier molecular flexibility index (Phi) is 16.2. The van der Waals surface area contributed by atoms with Crippen molar-refractivity contribution in [1.82, 2.24) is 10.6 Å². The molecule has 7 N–H and O–H groups in total. The van der Waals surface area contributed by atoms with Crippen molar-refractivity contribution in [1.29, 1.82) is 5.41 Å². The van der Waals surface area contributed by atoms with Gasteiger partial charge in [0.2, 0.25) is 5.91 Å². The average molecular weight is 346 g/mol. The van der Waals surface area contributed by atoms with Gasteiger partial charge < -0.3 is 26.8 Å². The lowest BCUT2D eigenvalue weighted by molar-refractivity contribution is -0.147. The van der Waals surface area contributed by atoms with Gasteiger partial charge >= 0.3 is 5.97 Å². The highest BCUT2D eigenvalue weighted by atomic mass is 35.5. The molecule has 0 aliphatic heterocycles. The fourth-order valence-electron chi connectivity index (χ4n) is 1.32. The summed E-state index contributed by atoms with van der Waals surface area (Å²) in [7, 11) is 0. The molecule has 0 aliphatic rings. The summed E-state index contributed by atoms with van der Waals surface area (Å²) in [6.45, 7) is 3.98. The second-order valence-electron chi connectivity index (χ2n) is 4.07. The van der Waals surface area contributed by atoms with Crippen LogP contribution >= 0.6 is 24.8 Å². The maximum atomic E-state index is 11.7. The quantitative estimate of drug-likeness (QED) is 0.173. The van der Waals surface area contributed by atoms with Crippen molar-refractivity contribution in [2.75, 3.05) is 13.2 Å². The summed E-state index contributed by atoms with van der Waals surface area (Å²) in [5.74, 6) is -1.00. The van der Waals surface area contributed by atoms with Crippen LogP contribution in [0, 0.1) is 5.41 Å². The Bertz CT molecular complexity index is 331. The second kappa shape index (κ2) is 13.7. The van der Waals surface area contributed by atoms with Crippen molar-refractivity contribution >= 4 is 42.7 Å². The predicted octanol–water partition coefficient (Wildman–Crippen LogP) is -0.512. The molecule has 0 bridgehead atoms. The van der Waals surface area contributed by atoms with Crippen LogP contribution in [0.2, 0.25) is 0 Å². The van der Waals surface area contributed by atoms with Gasteiger partial charge in [0.1, 0.15) is 6.04 Å². The molecule has 0 radical (unpaired) electrons. The van der Waals surface area contributed by atoms with Crippen LogP contribution in [-0.2, 0) is 14.3 Å². The lowest BCUT2D eigenvalue weighted by atomic mass is 10.1. The van der Waals surface area contributed by atoms with Gasteiger partial charge in [-0.05, 0) is 26.7 Å². The highest BCUT2D eigenvalue weighted by Gasteiger charge is 2.20. The normalized spacial score (nSPS) is 12.0. The number of halogens is 2. The second-order valence-corrected chi connectivity index (χ2v) is 4.07. The summed E-state index contributed by atoms with van der Waals surface area (Å²) in [4.78, 5) is 23.0. The van der Waals surface area contributed by atoms with E-state index in [1.807, 2.05) is 0 Å². The van der Waals surface area contributed by atoms with Crippen LogP contribution in [0.25, 0.3) is 0 Å². The molecule has 0 fully saturated rings. The Hall–Kier alpha value is -1.25. The van der Waals surface area contributed by atoms with Gasteiger partial charge in [-0.25, -0.2) is 4.79 Å². The lowest BCUT2D eigenvalue weighted by Gasteiger charge is -2.16. The number of hydrogen-bond donors (Lipinski definition) is 5. The van der Waals surface area contributed by atoms with Crippen molar-refractivity contribution in [2.24, 2.45) is 11.5 Å². The van der Waals surface area contributed by atoms with Crippen LogP contribution in [0.15, 0.2) is 0 Å². The first kappa shape index (κ1) is 24.7. The number of esters is 1. The van der Waals surface area contributed by atoms with E-state index in [0.29, 0.717) is 19.4 Å². The Balaban J connectivity index is -0.00000162. The zero-order chi connectivity index (χ0) is 14.8. The minimum Gasteiger partial charge on any atom is -0.464 e. The third-order valence-electron chi connectivity index (χ3n) is 2.34. The molecule has 1 amide bonds. The number of rotatable bonds is 8. The van der Waals surface area contributed by atoms with E-state index in [1.54, 1.807) is 13.8 Å². The number of carbonyl (C=O) groups is 2. The zero-order valence-electron chi connectivity index (χ0n) is 12.2. The molecule has 21 heavy (non-hydrogen) atoms. The van der Waals surface area contributed by atoms with Crippen LogP contribution in [0.3, 0.4) is 0 Å². The lowest BCUT2D eigenvalue weighted by Crippen LogP contribution is -2.47. The Morgan fingerprint density at radius 3 is 2.38 bits per heavy atom. The molecule has 0 saturated carbocycles. The number of nitrogens with two attached hydrogens (primary N) is 2. The van der Waals surface area contributed by atoms with Gasteiger partial charge in [0.25, 0.3) is 0 Å². The molecule has 0 saturated heterocycles. The molecule has 10 heteroatoms. The number of carbonyl (C=O) groups excluding carboxylic acids is 2. The van der Waals surface area contributed by atoms with Gasteiger partial charge in [-0.15, -0.1) is 24.8 Å². The Morgan fingerprint density at radius 1 is 1.33 bits per heavy atom. The Morgan fingerprint density at radius 2 is 1.90 bits per heavy atom. The molecule has 0 unspecified atom stereocenters. The third kappa shape index (κ3) is 12.2. The maximum Gasteiger partial charge on any atom is 0.328 e. The minimum atomic E-state index is -0.714.